The van der Waals surface area contributed by atoms with Crippen molar-refractivity contribution in [2.45, 2.75) is 39.0 Å². The van der Waals surface area contributed by atoms with E-state index < -0.39 is 0 Å². The number of amides is 1. The van der Waals surface area contributed by atoms with Crippen LogP contribution in [0.15, 0.2) is 12.1 Å². The summed E-state index contributed by atoms with van der Waals surface area (Å²) in [6.45, 7) is 4.83. The number of nitrogens with one attached hydrogen (secondary N) is 1. The summed E-state index contributed by atoms with van der Waals surface area (Å²) in [6, 6.07) is 4.32. The highest BCUT2D eigenvalue weighted by molar-refractivity contribution is 6.03. The molecule has 0 bridgehead atoms. The molecular weight excluding hydrogens is 212 g/mol. The molecule has 1 aromatic rings. The van der Waals surface area contributed by atoms with Gasteiger partial charge in [-0.15, -0.1) is 0 Å². The molecule has 1 unspecified atom stereocenters. The van der Waals surface area contributed by atoms with Crippen LogP contribution >= 0.6 is 0 Å². The molecule has 0 spiro atoms. The van der Waals surface area contributed by atoms with E-state index in [1.54, 1.807) is 0 Å². The number of anilines is 1. The van der Waals surface area contributed by atoms with Gasteiger partial charge in [0.2, 0.25) is 5.91 Å². The van der Waals surface area contributed by atoms with Crippen molar-refractivity contribution < 1.29 is 4.79 Å². The van der Waals surface area contributed by atoms with E-state index in [1.165, 1.54) is 16.7 Å². The third kappa shape index (κ3) is 2.07. The molecule has 0 aromatic heterocycles. The molecule has 3 nitrogen and oxygen atoms in total. The van der Waals surface area contributed by atoms with Crippen molar-refractivity contribution in [3.8, 4) is 0 Å². The second-order valence-electron chi connectivity index (χ2n) is 4.56. The standard InChI is InChI=1S/C14H20N2O/c1-3-10-7-9(5-6-15)8-12-11(4-2)14(17)16-13(10)12/h7-8,11H,3-6,15H2,1-2H3,(H,16,17). The molecule has 0 saturated heterocycles. The van der Waals surface area contributed by atoms with Gasteiger partial charge in [0.15, 0.2) is 0 Å². The summed E-state index contributed by atoms with van der Waals surface area (Å²) >= 11 is 0. The molecule has 0 radical (unpaired) electrons. The van der Waals surface area contributed by atoms with Gasteiger partial charge in [-0.05, 0) is 42.5 Å². The minimum atomic E-state index is 0.0213. The lowest BCUT2D eigenvalue weighted by Crippen LogP contribution is -2.10. The number of carbonyl (C=O) groups excluding carboxylic acids is 1. The van der Waals surface area contributed by atoms with Crippen LogP contribution in [0.2, 0.25) is 0 Å². The molecule has 17 heavy (non-hydrogen) atoms. The van der Waals surface area contributed by atoms with Crippen LogP contribution in [-0.4, -0.2) is 12.5 Å². The molecule has 1 aliphatic heterocycles. The van der Waals surface area contributed by atoms with Gasteiger partial charge >= 0.3 is 0 Å². The molecule has 1 aliphatic rings. The Hall–Kier alpha value is -1.35. The summed E-state index contributed by atoms with van der Waals surface area (Å²) in [6.07, 6.45) is 2.68. The zero-order valence-electron chi connectivity index (χ0n) is 10.5. The number of aryl methyl sites for hydroxylation is 1. The van der Waals surface area contributed by atoms with Gasteiger partial charge in [-0.25, -0.2) is 0 Å². The molecule has 1 heterocycles. The van der Waals surface area contributed by atoms with Crippen LogP contribution in [-0.2, 0) is 17.6 Å². The number of hydrogen-bond donors (Lipinski definition) is 2. The largest absolute Gasteiger partial charge is 0.330 e. The summed E-state index contributed by atoms with van der Waals surface area (Å²) in [5, 5.41) is 3.02. The Bertz CT molecular complexity index is 440. The van der Waals surface area contributed by atoms with Gasteiger partial charge in [-0.2, -0.15) is 0 Å². The van der Waals surface area contributed by atoms with Crippen molar-refractivity contribution in [2.75, 3.05) is 11.9 Å². The minimum absolute atomic E-state index is 0.0213. The quantitative estimate of drug-likeness (QED) is 0.836. The highest BCUT2D eigenvalue weighted by Crippen LogP contribution is 2.38. The topological polar surface area (TPSA) is 55.1 Å². The first-order chi connectivity index (χ1) is 8.21. The predicted octanol–water partition coefficient (Wildman–Crippen LogP) is 2.20. The van der Waals surface area contributed by atoms with Crippen molar-refractivity contribution in [1.82, 2.24) is 0 Å². The smallest absolute Gasteiger partial charge is 0.232 e. The van der Waals surface area contributed by atoms with Crippen LogP contribution < -0.4 is 11.1 Å². The SMILES string of the molecule is CCc1cc(CCN)cc2c1NC(=O)C2CC. The second-order valence-corrected chi connectivity index (χ2v) is 4.56. The molecule has 0 saturated carbocycles. The molecule has 2 rings (SSSR count). The van der Waals surface area contributed by atoms with Gasteiger partial charge in [-0.3, -0.25) is 4.79 Å². The van der Waals surface area contributed by atoms with Crippen LogP contribution in [0.3, 0.4) is 0 Å². The first kappa shape index (κ1) is 12.1. The zero-order valence-corrected chi connectivity index (χ0v) is 10.5. The number of benzene rings is 1. The van der Waals surface area contributed by atoms with Crippen LogP contribution in [0.25, 0.3) is 0 Å². The van der Waals surface area contributed by atoms with Gasteiger partial charge in [0.05, 0.1) is 5.92 Å². The minimum Gasteiger partial charge on any atom is -0.330 e. The maximum atomic E-state index is 11.9. The van der Waals surface area contributed by atoms with Crippen LogP contribution in [0, 0.1) is 0 Å². The number of rotatable bonds is 4. The van der Waals surface area contributed by atoms with E-state index in [9.17, 15) is 4.79 Å². The van der Waals surface area contributed by atoms with Crippen LogP contribution in [0.1, 0.15) is 42.9 Å². The van der Waals surface area contributed by atoms with Crippen molar-refractivity contribution >= 4 is 11.6 Å². The molecular formula is C14H20N2O. The van der Waals surface area contributed by atoms with Gasteiger partial charge in [0.1, 0.15) is 0 Å². The Kier molecular flexibility index (Phi) is 3.48. The number of carbonyl (C=O) groups is 1. The first-order valence-electron chi connectivity index (χ1n) is 6.37. The summed E-state index contributed by atoms with van der Waals surface area (Å²) in [5.41, 5.74) is 10.3. The lowest BCUT2D eigenvalue weighted by atomic mass is 9.92. The molecule has 92 valence electrons. The summed E-state index contributed by atoms with van der Waals surface area (Å²) in [5.74, 6) is 0.162. The third-order valence-electron chi connectivity index (χ3n) is 3.47. The van der Waals surface area contributed by atoms with Gasteiger partial charge in [0, 0.05) is 5.69 Å². The molecule has 3 N–H and O–H groups in total. The summed E-state index contributed by atoms with van der Waals surface area (Å²) < 4.78 is 0. The molecule has 1 amide bonds. The van der Waals surface area contributed by atoms with Gasteiger partial charge < -0.3 is 11.1 Å². The van der Waals surface area contributed by atoms with E-state index in [2.05, 4.69) is 31.3 Å². The van der Waals surface area contributed by atoms with Crippen LogP contribution in [0.5, 0.6) is 0 Å². The first-order valence-corrected chi connectivity index (χ1v) is 6.37. The second kappa shape index (κ2) is 4.88. The number of fused-ring (bicyclic) bond motifs is 1. The van der Waals surface area contributed by atoms with Crippen molar-refractivity contribution in [3.05, 3.63) is 28.8 Å². The van der Waals surface area contributed by atoms with E-state index in [1.807, 2.05) is 0 Å². The Labute approximate surface area is 102 Å². The summed E-state index contributed by atoms with van der Waals surface area (Å²) in [4.78, 5) is 11.9. The van der Waals surface area contributed by atoms with Crippen LogP contribution in [0.4, 0.5) is 5.69 Å². The van der Waals surface area contributed by atoms with Crippen molar-refractivity contribution in [1.29, 1.82) is 0 Å². The number of hydrogen-bond acceptors (Lipinski definition) is 2. The highest BCUT2D eigenvalue weighted by Gasteiger charge is 2.30. The Morgan fingerprint density at radius 2 is 2.12 bits per heavy atom. The lowest BCUT2D eigenvalue weighted by Gasteiger charge is -2.11. The number of nitrogens with two attached hydrogens (primary N) is 1. The van der Waals surface area contributed by atoms with Crippen molar-refractivity contribution in [2.24, 2.45) is 5.73 Å². The Balaban J connectivity index is 2.49. The highest BCUT2D eigenvalue weighted by atomic mass is 16.2. The fraction of sp³-hybridized carbons (Fsp3) is 0.500. The molecule has 1 aromatic carbocycles. The maximum absolute atomic E-state index is 11.9. The van der Waals surface area contributed by atoms with Gasteiger partial charge in [-0.1, -0.05) is 26.0 Å². The molecule has 0 aliphatic carbocycles. The average molecular weight is 232 g/mol. The average Bonchev–Trinajstić information content (AvgIpc) is 2.64. The molecule has 3 heteroatoms. The Morgan fingerprint density at radius 1 is 1.35 bits per heavy atom. The fourth-order valence-corrected chi connectivity index (χ4v) is 2.57. The lowest BCUT2D eigenvalue weighted by molar-refractivity contribution is -0.117. The maximum Gasteiger partial charge on any atom is 0.232 e. The van der Waals surface area contributed by atoms with Crippen molar-refractivity contribution in [3.63, 3.8) is 0 Å². The summed E-state index contributed by atoms with van der Waals surface area (Å²) in [7, 11) is 0. The van der Waals surface area contributed by atoms with E-state index in [4.69, 9.17) is 5.73 Å². The van der Waals surface area contributed by atoms with E-state index >= 15 is 0 Å². The van der Waals surface area contributed by atoms with Gasteiger partial charge in [0.25, 0.3) is 0 Å². The predicted molar refractivity (Wildman–Crippen MR) is 70.2 cm³/mol. The van der Waals surface area contributed by atoms with E-state index in [-0.39, 0.29) is 11.8 Å². The van der Waals surface area contributed by atoms with E-state index in [0.717, 1.165) is 24.9 Å². The molecule has 1 atom stereocenters. The zero-order chi connectivity index (χ0) is 12.4. The van der Waals surface area contributed by atoms with E-state index in [0.29, 0.717) is 6.54 Å². The monoisotopic (exact) mass is 232 g/mol. The molecule has 0 fully saturated rings. The normalized spacial score (nSPS) is 18.1. The Morgan fingerprint density at radius 3 is 2.71 bits per heavy atom. The third-order valence-corrected chi connectivity index (χ3v) is 3.47. The fourth-order valence-electron chi connectivity index (χ4n) is 2.57.